The normalized spacial score (nSPS) is 19.6. The second kappa shape index (κ2) is 4.87. The number of aromatic nitrogens is 2. The Morgan fingerprint density at radius 3 is 3.11 bits per heavy atom. The van der Waals surface area contributed by atoms with Crippen molar-refractivity contribution < 1.29 is 13.7 Å². The molecule has 1 aliphatic heterocycles. The zero-order valence-corrected chi connectivity index (χ0v) is 10.7. The van der Waals surface area contributed by atoms with Crippen LogP contribution in [0.1, 0.15) is 40.8 Å². The van der Waals surface area contributed by atoms with Gasteiger partial charge in [-0.15, -0.1) is 0 Å². The van der Waals surface area contributed by atoms with Crippen LogP contribution in [-0.4, -0.2) is 34.0 Å². The van der Waals surface area contributed by atoms with E-state index in [0.717, 1.165) is 19.4 Å². The van der Waals surface area contributed by atoms with Gasteiger partial charge in [-0.25, -0.2) is 0 Å². The molecule has 0 saturated carbocycles. The molecule has 0 spiro atoms. The third-order valence-corrected chi connectivity index (χ3v) is 3.39. The SMILES string of the molecule is Cc1nc(C2CCCN(C(=O)c3ccoc3)C2)no1. The topological polar surface area (TPSA) is 72.4 Å². The van der Waals surface area contributed by atoms with Gasteiger partial charge in [0.15, 0.2) is 5.82 Å². The molecule has 3 rings (SSSR count). The maximum Gasteiger partial charge on any atom is 0.257 e. The number of nitrogens with zero attached hydrogens (tertiary/aromatic N) is 3. The van der Waals surface area contributed by atoms with E-state index < -0.39 is 0 Å². The van der Waals surface area contributed by atoms with Gasteiger partial charge in [0, 0.05) is 25.9 Å². The molecule has 1 aliphatic rings. The molecule has 0 aliphatic carbocycles. The average molecular weight is 261 g/mol. The lowest BCUT2D eigenvalue weighted by Crippen LogP contribution is -2.39. The first-order valence-corrected chi connectivity index (χ1v) is 6.35. The Kier molecular flexibility index (Phi) is 3.06. The molecule has 1 atom stereocenters. The first-order chi connectivity index (χ1) is 9.24. The Bertz CT molecular complexity index is 561. The smallest absolute Gasteiger partial charge is 0.257 e. The van der Waals surface area contributed by atoms with Gasteiger partial charge < -0.3 is 13.8 Å². The molecule has 1 unspecified atom stereocenters. The molecule has 0 radical (unpaired) electrons. The van der Waals surface area contributed by atoms with Crippen LogP contribution < -0.4 is 0 Å². The maximum absolute atomic E-state index is 12.2. The first kappa shape index (κ1) is 12.0. The molecule has 1 amide bonds. The van der Waals surface area contributed by atoms with Gasteiger partial charge in [-0.2, -0.15) is 4.98 Å². The van der Waals surface area contributed by atoms with Crippen molar-refractivity contribution in [2.24, 2.45) is 0 Å². The van der Waals surface area contributed by atoms with Crippen LogP contribution in [0.5, 0.6) is 0 Å². The van der Waals surface area contributed by atoms with Crippen molar-refractivity contribution in [3.05, 3.63) is 35.9 Å². The molecule has 6 heteroatoms. The summed E-state index contributed by atoms with van der Waals surface area (Å²) in [6.07, 6.45) is 4.91. The number of carbonyl (C=O) groups is 1. The summed E-state index contributed by atoms with van der Waals surface area (Å²) in [5.41, 5.74) is 0.588. The van der Waals surface area contributed by atoms with Gasteiger partial charge >= 0.3 is 0 Å². The molecule has 1 saturated heterocycles. The molecule has 0 N–H and O–H groups in total. The fourth-order valence-electron chi connectivity index (χ4n) is 2.42. The van der Waals surface area contributed by atoms with Crippen molar-refractivity contribution in [2.45, 2.75) is 25.7 Å². The molecule has 0 aromatic carbocycles. The Morgan fingerprint density at radius 1 is 1.53 bits per heavy atom. The minimum absolute atomic E-state index is 0.00123. The Morgan fingerprint density at radius 2 is 2.42 bits per heavy atom. The molecule has 0 bridgehead atoms. The van der Waals surface area contributed by atoms with E-state index in [1.807, 2.05) is 4.90 Å². The number of furan rings is 1. The highest BCUT2D eigenvalue weighted by molar-refractivity contribution is 5.93. The molecule has 3 heterocycles. The van der Waals surface area contributed by atoms with Crippen molar-refractivity contribution in [1.82, 2.24) is 15.0 Å². The minimum Gasteiger partial charge on any atom is -0.472 e. The average Bonchev–Trinajstić information content (AvgIpc) is 3.09. The van der Waals surface area contributed by atoms with Crippen LogP contribution >= 0.6 is 0 Å². The van der Waals surface area contributed by atoms with Crippen molar-refractivity contribution >= 4 is 5.91 Å². The summed E-state index contributed by atoms with van der Waals surface area (Å²) in [5.74, 6) is 1.41. The van der Waals surface area contributed by atoms with Crippen LogP contribution in [0.25, 0.3) is 0 Å². The third kappa shape index (κ3) is 2.38. The van der Waals surface area contributed by atoms with E-state index in [0.29, 0.717) is 23.8 Å². The predicted octanol–water partition coefficient (Wildman–Crippen LogP) is 1.99. The van der Waals surface area contributed by atoms with Gasteiger partial charge in [0.1, 0.15) is 6.26 Å². The van der Waals surface area contributed by atoms with E-state index in [1.165, 1.54) is 12.5 Å². The maximum atomic E-state index is 12.2. The van der Waals surface area contributed by atoms with Gasteiger partial charge in [-0.05, 0) is 18.9 Å². The van der Waals surface area contributed by atoms with Crippen molar-refractivity contribution in [1.29, 1.82) is 0 Å². The summed E-state index contributed by atoms with van der Waals surface area (Å²) >= 11 is 0. The number of carbonyl (C=O) groups excluding carboxylic acids is 1. The summed E-state index contributed by atoms with van der Waals surface area (Å²) in [7, 11) is 0. The van der Waals surface area contributed by atoms with Gasteiger partial charge in [0.2, 0.25) is 5.89 Å². The van der Waals surface area contributed by atoms with E-state index in [2.05, 4.69) is 10.1 Å². The van der Waals surface area contributed by atoms with E-state index in [1.54, 1.807) is 13.0 Å². The van der Waals surface area contributed by atoms with Crippen molar-refractivity contribution in [2.75, 3.05) is 13.1 Å². The standard InChI is InChI=1S/C13H15N3O3/c1-9-14-12(15-19-9)10-3-2-5-16(7-10)13(17)11-4-6-18-8-11/h4,6,8,10H,2-3,5,7H2,1H3. The Balaban J connectivity index is 1.73. The molecular weight excluding hydrogens is 246 g/mol. The van der Waals surface area contributed by atoms with Crippen LogP contribution in [0.2, 0.25) is 0 Å². The summed E-state index contributed by atoms with van der Waals surface area (Å²) in [6, 6.07) is 1.68. The number of hydrogen-bond acceptors (Lipinski definition) is 5. The highest BCUT2D eigenvalue weighted by atomic mass is 16.5. The van der Waals surface area contributed by atoms with E-state index in [4.69, 9.17) is 8.94 Å². The van der Waals surface area contributed by atoms with Crippen LogP contribution in [0.3, 0.4) is 0 Å². The van der Waals surface area contributed by atoms with E-state index in [-0.39, 0.29) is 11.8 Å². The van der Waals surface area contributed by atoms with Gasteiger partial charge in [0.25, 0.3) is 5.91 Å². The Labute approximate surface area is 110 Å². The fraction of sp³-hybridized carbons (Fsp3) is 0.462. The molecule has 19 heavy (non-hydrogen) atoms. The zero-order valence-electron chi connectivity index (χ0n) is 10.7. The van der Waals surface area contributed by atoms with E-state index >= 15 is 0 Å². The molecule has 2 aromatic heterocycles. The summed E-state index contributed by atoms with van der Waals surface area (Å²) < 4.78 is 9.96. The van der Waals surface area contributed by atoms with Crippen molar-refractivity contribution in [3.63, 3.8) is 0 Å². The molecule has 100 valence electrons. The van der Waals surface area contributed by atoms with Crippen molar-refractivity contribution in [3.8, 4) is 0 Å². The molecule has 1 fully saturated rings. The fourth-order valence-corrected chi connectivity index (χ4v) is 2.42. The van der Waals surface area contributed by atoms with Gasteiger partial charge in [0.05, 0.1) is 11.8 Å². The highest BCUT2D eigenvalue weighted by Gasteiger charge is 2.28. The van der Waals surface area contributed by atoms with Crippen LogP contribution in [-0.2, 0) is 0 Å². The summed E-state index contributed by atoms with van der Waals surface area (Å²) in [5, 5.41) is 3.95. The lowest BCUT2D eigenvalue weighted by Gasteiger charge is -2.30. The molecule has 2 aromatic rings. The third-order valence-electron chi connectivity index (χ3n) is 3.39. The lowest BCUT2D eigenvalue weighted by molar-refractivity contribution is 0.0703. The number of rotatable bonds is 2. The second-order valence-corrected chi connectivity index (χ2v) is 4.77. The second-order valence-electron chi connectivity index (χ2n) is 4.77. The number of aryl methyl sites for hydroxylation is 1. The number of piperidine rings is 1. The molecule has 6 nitrogen and oxygen atoms in total. The predicted molar refractivity (Wildman–Crippen MR) is 65.6 cm³/mol. The molecular formula is C13H15N3O3. The highest BCUT2D eigenvalue weighted by Crippen LogP contribution is 2.25. The monoisotopic (exact) mass is 261 g/mol. The largest absolute Gasteiger partial charge is 0.472 e. The van der Waals surface area contributed by atoms with Gasteiger partial charge in [-0.1, -0.05) is 5.16 Å². The van der Waals surface area contributed by atoms with Gasteiger partial charge in [-0.3, -0.25) is 4.79 Å². The quantitative estimate of drug-likeness (QED) is 0.826. The van der Waals surface area contributed by atoms with Crippen LogP contribution in [0, 0.1) is 6.92 Å². The Hall–Kier alpha value is -2.11. The number of hydrogen-bond donors (Lipinski definition) is 0. The number of likely N-dealkylation sites (tertiary alicyclic amines) is 1. The van der Waals surface area contributed by atoms with Crippen LogP contribution in [0.4, 0.5) is 0 Å². The number of amides is 1. The van der Waals surface area contributed by atoms with Crippen LogP contribution in [0.15, 0.2) is 27.5 Å². The zero-order chi connectivity index (χ0) is 13.2. The summed E-state index contributed by atoms with van der Waals surface area (Å²) in [6.45, 7) is 3.16. The minimum atomic E-state index is -0.00123. The van der Waals surface area contributed by atoms with E-state index in [9.17, 15) is 4.79 Å². The first-order valence-electron chi connectivity index (χ1n) is 6.35. The summed E-state index contributed by atoms with van der Waals surface area (Å²) in [4.78, 5) is 18.3. The lowest BCUT2D eigenvalue weighted by atomic mass is 9.97.